The van der Waals surface area contributed by atoms with Crippen LogP contribution >= 0.6 is 0 Å². The second-order valence-electron chi connectivity index (χ2n) is 7.62. The molecule has 2 aromatic carbocycles. The molecule has 0 bridgehead atoms. The fraction of sp³-hybridized carbons (Fsp3) is 0.208. The van der Waals surface area contributed by atoms with Crippen molar-refractivity contribution in [1.82, 2.24) is 14.8 Å². The number of nitrogens with zero attached hydrogens (tertiary/aromatic N) is 4. The van der Waals surface area contributed by atoms with Crippen LogP contribution in [0.5, 0.6) is 0 Å². The van der Waals surface area contributed by atoms with Crippen LogP contribution in [0.1, 0.15) is 10.4 Å². The number of anilines is 3. The summed E-state index contributed by atoms with van der Waals surface area (Å²) in [6, 6.07) is 13.9. The molecule has 9 heteroatoms. The van der Waals surface area contributed by atoms with E-state index in [1.54, 1.807) is 29.4 Å². The normalized spacial score (nSPS) is 13.5. The topological polar surface area (TPSA) is 68.8 Å². The Hall–Kier alpha value is -4.01. The van der Waals surface area contributed by atoms with Crippen molar-refractivity contribution in [2.24, 2.45) is 0 Å². The standard InChI is InChI=1S/C24H23F2N5O2/c1-29(19-9-11-27-12-10-19)18-7-5-17(6-8-18)23(32)30-13-15-31(16-14-30)24(33)28-22-20(25)3-2-4-21(22)26/h2-12H,13-16H2,1H3,(H,28,33). The fourth-order valence-electron chi connectivity index (χ4n) is 3.64. The van der Waals surface area contributed by atoms with Crippen LogP contribution in [0.15, 0.2) is 67.0 Å². The highest BCUT2D eigenvalue weighted by molar-refractivity contribution is 5.95. The molecule has 4 rings (SSSR count). The molecule has 7 nitrogen and oxygen atoms in total. The molecule has 3 amide bonds. The highest BCUT2D eigenvalue weighted by atomic mass is 19.1. The number of hydrogen-bond donors (Lipinski definition) is 1. The van der Waals surface area contributed by atoms with Gasteiger partial charge in [0.05, 0.1) is 0 Å². The first kappa shape index (κ1) is 22.2. The first-order valence-corrected chi connectivity index (χ1v) is 10.5. The largest absolute Gasteiger partial charge is 0.345 e. The molecule has 0 atom stereocenters. The van der Waals surface area contributed by atoms with E-state index in [-0.39, 0.29) is 19.0 Å². The molecule has 1 aromatic heterocycles. The monoisotopic (exact) mass is 451 g/mol. The van der Waals surface area contributed by atoms with Gasteiger partial charge < -0.3 is 20.0 Å². The number of nitrogens with one attached hydrogen (secondary N) is 1. The first-order valence-electron chi connectivity index (χ1n) is 10.5. The van der Waals surface area contributed by atoms with Crippen LogP contribution < -0.4 is 10.2 Å². The Kier molecular flexibility index (Phi) is 6.48. The summed E-state index contributed by atoms with van der Waals surface area (Å²) in [6.45, 7) is 1.17. The molecule has 1 aliphatic rings. The summed E-state index contributed by atoms with van der Waals surface area (Å²) in [5.41, 5.74) is 1.99. The molecule has 0 saturated carbocycles. The van der Waals surface area contributed by atoms with Crippen LogP contribution in [-0.4, -0.2) is 59.9 Å². The summed E-state index contributed by atoms with van der Waals surface area (Å²) in [6.07, 6.45) is 3.44. The summed E-state index contributed by atoms with van der Waals surface area (Å²) < 4.78 is 27.6. The Morgan fingerprint density at radius 2 is 1.39 bits per heavy atom. The quantitative estimate of drug-likeness (QED) is 0.648. The van der Waals surface area contributed by atoms with E-state index in [9.17, 15) is 18.4 Å². The molecule has 1 saturated heterocycles. The van der Waals surface area contributed by atoms with E-state index in [2.05, 4.69) is 10.3 Å². The fourth-order valence-corrected chi connectivity index (χ4v) is 3.64. The molecule has 33 heavy (non-hydrogen) atoms. The number of carbonyl (C=O) groups is 2. The van der Waals surface area contributed by atoms with Gasteiger partial charge in [-0.25, -0.2) is 13.6 Å². The molecule has 0 unspecified atom stereocenters. The number of carbonyl (C=O) groups excluding carboxylic acids is 2. The molecule has 170 valence electrons. The third-order valence-electron chi connectivity index (χ3n) is 5.60. The zero-order chi connectivity index (χ0) is 23.4. The number of piperazine rings is 1. The van der Waals surface area contributed by atoms with Gasteiger partial charge in [-0.05, 0) is 48.5 Å². The maximum absolute atomic E-state index is 13.8. The lowest BCUT2D eigenvalue weighted by atomic mass is 10.1. The number of amides is 3. The minimum atomic E-state index is -0.838. The molecule has 0 radical (unpaired) electrons. The number of aromatic nitrogens is 1. The van der Waals surface area contributed by atoms with E-state index in [0.29, 0.717) is 18.7 Å². The molecule has 2 heterocycles. The molecule has 3 aromatic rings. The minimum absolute atomic E-state index is 0.131. The van der Waals surface area contributed by atoms with Crippen LogP contribution in [0.2, 0.25) is 0 Å². The third kappa shape index (κ3) is 4.92. The second kappa shape index (κ2) is 9.64. The maximum Gasteiger partial charge on any atom is 0.322 e. The van der Waals surface area contributed by atoms with E-state index >= 15 is 0 Å². The predicted molar refractivity (Wildman–Crippen MR) is 122 cm³/mol. The average molecular weight is 451 g/mol. The van der Waals surface area contributed by atoms with E-state index in [1.165, 1.54) is 11.0 Å². The molecule has 1 N–H and O–H groups in total. The number of para-hydroxylation sites is 1. The van der Waals surface area contributed by atoms with Crippen LogP contribution in [-0.2, 0) is 0 Å². The lowest BCUT2D eigenvalue weighted by molar-refractivity contribution is 0.0671. The van der Waals surface area contributed by atoms with Gasteiger partial charge in [-0.1, -0.05) is 6.07 Å². The van der Waals surface area contributed by atoms with Gasteiger partial charge in [0.2, 0.25) is 0 Å². The van der Waals surface area contributed by atoms with Gasteiger partial charge in [0, 0.05) is 62.6 Å². The van der Waals surface area contributed by atoms with Gasteiger partial charge in [-0.2, -0.15) is 0 Å². The minimum Gasteiger partial charge on any atom is -0.345 e. The predicted octanol–water partition coefficient (Wildman–Crippen LogP) is 4.12. The second-order valence-corrected chi connectivity index (χ2v) is 7.62. The van der Waals surface area contributed by atoms with Gasteiger partial charge in [-0.3, -0.25) is 9.78 Å². The molecule has 1 fully saturated rings. The van der Waals surface area contributed by atoms with Gasteiger partial charge in [0.25, 0.3) is 5.91 Å². The Balaban J connectivity index is 1.34. The number of rotatable bonds is 4. The Morgan fingerprint density at radius 1 is 0.848 bits per heavy atom. The maximum atomic E-state index is 13.8. The van der Waals surface area contributed by atoms with Crippen LogP contribution in [0, 0.1) is 11.6 Å². The van der Waals surface area contributed by atoms with Crippen molar-refractivity contribution in [2.75, 3.05) is 43.4 Å². The third-order valence-corrected chi connectivity index (χ3v) is 5.60. The van der Waals surface area contributed by atoms with Gasteiger partial charge in [0.15, 0.2) is 0 Å². The van der Waals surface area contributed by atoms with Crippen molar-refractivity contribution in [3.05, 3.63) is 84.2 Å². The summed E-state index contributed by atoms with van der Waals surface area (Å²) in [5, 5.41) is 2.28. The molecule has 0 spiro atoms. The van der Waals surface area contributed by atoms with Crippen molar-refractivity contribution >= 4 is 29.0 Å². The van der Waals surface area contributed by atoms with Crippen molar-refractivity contribution in [3.63, 3.8) is 0 Å². The van der Waals surface area contributed by atoms with Crippen LogP contribution in [0.4, 0.5) is 30.6 Å². The molecular weight excluding hydrogens is 428 g/mol. The van der Waals surface area contributed by atoms with Crippen molar-refractivity contribution in [2.45, 2.75) is 0 Å². The number of benzene rings is 2. The van der Waals surface area contributed by atoms with Gasteiger partial charge in [-0.15, -0.1) is 0 Å². The zero-order valence-corrected chi connectivity index (χ0v) is 18.0. The molecular formula is C24H23F2N5O2. The summed E-state index contributed by atoms with van der Waals surface area (Å²) in [5.74, 6) is -1.81. The number of pyridine rings is 1. The van der Waals surface area contributed by atoms with Crippen molar-refractivity contribution < 1.29 is 18.4 Å². The Labute approximate surface area is 190 Å². The summed E-state index contributed by atoms with van der Waals surface area (Å²) in [4.78, 5) is 34.4. The van der Waals surface area contributed by atoms with E-state index in [4.69, 9.17) is 0 Å². The molecule has 1 aliphatic heterocycles. The highest BCUT2D eigenvalue weighted by Gasteiger charge is 2.26. The van der Waals surface area contributed by atoms with Gasteiger partial charge in [0.1, 0.15) is 17.3 Å². The van der Waals surface area contributed by atoms with Crippen molar-refractivity contribution in [1.29, 1.82) is 0 Å². The van der Waals surface area contributed by atoms with Crippen LogP contribution in [0.25, 0.3) is 0 Å². The zero-order valence-electron chi connectivity index (χ0n) is 18.0. The SMILES string of the molecule is CN(c1ccncc1)c1ccc(C(=O)N2CCN(C(=O)Nc3c(F)cccc3F)CC2)cc1. The highest BCUT2D eigenvalue weighted by Crippen LogP contribution is 2.24. The molecule has 0 aliphatic carbocycles. The number of halogens is 2. The van der Waals surface area contributed by atoms with Gasteiger partial charge >= 0.3 is 6.03 Å². The first-order chi connectivity index (χ1) is 15.9. The summed E-state index contributed by atoms with van der Waals surface area (Å²) in [7, 11) is 1.93. The summed E-state index contributed by atoms with van der Waals surface area (Å²) >= 11 is 0. The lowest BCUT2D eigenvalue weighted by Gasteiger charge is -2.34. The van der Waals surface area contributed by atoms with E-state index < -0.39 is 23.4 Å². The number of urea groups is 1. The van der Waals surface area contributed by atoms with E-state index in [1.807, 2.05) is 36.2 Å². The average Bonchev–Trinajstić information content (AvgIpc) is 2.86. The Bertz CT molecular complexity index is 1110. The Morgan fingerprint density at radius 3 is 2.00 bits per heavy atom. The van der Waals surface area contributed by atoms with Crippen LogP contribution in [0.3, 0.4) is 0 Å². The smallest absolute Gasteiger partial charge is 0.322 e. The van der Waals surface area contributed by atoms with E-state index in [0.717, 1.165) is 23.5 Å². The lowest BCUT2D eigenvalue weighted by Crippen LogP contribution is -2.51. The van der Waals surface area contributed by atoms with Crippen molar-refractivity contribution in [3.8, 4) is 0 Å². The number of hydrogen-bond acceptors (Lipinski definition) is 4.